The Labute approximate surface area is 104 Å². The monoisotopic (exact) mass is 242 g/mol. The third-order valence-corrected chi connectivity index (χ3v) is 3.00. The summed E-state index contributed by atoms with van der Waals surface area (Å²) >= 11 is 0. The molecular weight excluding hydrogens is 228 g/mol. The summed E-state index contributed by atoms with van der Waals surface area (Å²) in [4.78, 5) is 4.54. The van der Waals surface area contributed by atoms with Crippen LogP contribution in [-0.4, -0.2) is 24.3 Å². The molecule has 0 saturated heterocycles. The van der Waals surface area contributed by atoms with Gasteiger partial charge < -0.3 is 14.5 Å². The number of hydrogen-bond donors (Lipinski definition) is 1. The lowest BCUT2D eigenvalue weighted by Crippen LogP contribution is -2.08. The summed E-state index contributed by atoms with van der Waals surface area (Å²) < 4.78 is 3.92. The Kier molecular flexibility index (Phi) is 2.47. The Morgan fingerprint density at radius 2 is 2.06 bits per heavy atom. The van der Waals surface area contributed by atoms with E-state index in [1.807, 2.05) is 41.4 Å². The fourth-order valence-electron chi connectivity index (χ4n) is 1.93. The van der Waals surface area contributed by atoms with Gasteiger partial charge >= 0.3 is 0 Å². The van der Waals surface area contributed by atoms with Gasteiger partial charge in [-0.2, -0.15) is 0 Å². The molecule has 6 nitrogen and oxygen atoms in total. The van der Waals surface area contributed by atoms with Gasteiger partial charge in [0.25, 0.3) is 0 Å². The minimum Gasteiger partial charge on any atom is -0.348 e. The second-order valence-corrected chi connectivity index (χ2v) is 4.19. The summed E-state index contributed by atoms with van der Waals surface area (Å²) in [6, 6.07) is 8.05. The molecule has 3 aromatic rings. The third kappa shape index (κ3) is 1.71. The van der Waals surface area contributed by atoms with E-state index in [9.17, 15) is 0 Å². The zero-order chi connectivity index (χ0) is 12.5. The van der Waals surface area contributed by atoms with Crippen molar-refractivity contribution in [2.45, 2.75) is 6.54 Å². The smallest absolute Gasteiger partial charge is 0.203 e. The predicted molar refractivity (Wildman–Crippen MR) is 69.0 cm³/mol. The van der Waals surface area contributed by atoms with E-state index in [0.29, 0.717) is 6.54 Å². The molecule has 6 heteroatoms. The number of anilines is 1. The summed E-state index contributed by atoms with van der Waals surface area (Å²) in [5.74, 6) is 1.71. The van der Waals surface area contributed by atoms with E-state index in [1.165, 1.54) is 0 Å². The number of rotatable bonds is 3. The van der Waals surface area contributed by atoms with Crippen LogP contribution in [0.2, 0.25) is 0 Å². The summed E-state index contributed by atoms with van der Waals surface area (Å²) in [7, 11) is 3.92. The van der Waals surface area contributed by atoms with E-state index in [1.54, 1.807) is 6.33 Å². The second kappa shape index (κ2) is 4.14. The first kappa shape index (κ1) is 10.8. The van der Waals surface area contributed by atoms with E-state index in [0.717, 1.165) is 22.8 Å². The highest BCUT2D eigenvalue weighted by atomic mass is 15.3. The maximum Gasteiger partial charge on any atom is 0.203 e. The zero-order valence-electron chi connectivity index (χ0n) is 10.3. The number of imidazole rings is 1. The van der Waals surface area contributed by atoms with Crippen molar-refractivity contribution in [3.8, 4) is 0 Å². The van der Waals surface area contributed by atoms with Crippen LogP contribution in [0.25, 0.3) is 11.0 Å². The second-order valence-electron chi connectivity index (χ2n) is 4.19. The van der Waals surface area contributed by atoms with Crippen molar-refractivity contribution in [3.63, 3.8) is 0 Å². The number of aromatic nitrogens is 5. The average molecular weight is 242 g/mol. The van der Waals surface area contributed by atoms with Crippen molar-refractivity contribution < 1.29 is 0 Å². The predicted octanol–water partition coefficient (Wildman–Crippen LogP) is 1.31. The van der Waals surface area contributed by atoms with Gasteiger partial charge in [-0.05, 0) is 12.1 Å². The number of fused-ring (bicyclic) bond motifs is 1. The van der Waals surface area contributed by atoms with Gasteiger partial charge in [0.05, 0.1) is 17.6 Å². The van der Waals surface area contributed by atoms with Crippen LogP contribution in [0.1, 0.15) is 5.82 Å². The maximum atomic E-state index is 4.54. The Morgan fingerprint density at radius 3 is 2.78 bits per heavy atom. The molecule has 0 bridgehead atoms. The lowest BCUT2D eigenvalue weighted by Gasteiger charge is -2.05. The van der Waals surface area contributed by atoms with Crippen LogP contribution in [0.5, 0.6) is 0 Å². The van der Waals surface area contributed by atoms with E-state index in [2.05, 4.69) is 26.6 Å². The third-order valence-electron chi connectivity index (χ3n) is 3.00. The van der Waals surface area contributed by atoms with Crippen LogP contribution in [0.3, 0.4) is 0 Å². The zero-order valence-corrected chi connectivity index (χ0v) is 10.3. The minimum atomic E-state index is 0.605. The Morgan fingerprint density at radius 1 is 1.22 bits per heavy atom. The molecular formula is C12H14N6. The number of para-hydroxylation sites is 2. The Bertz CT molecular complexity index is 681. The quantitative estimate of drug-likeness (QED) is 0.752. The van der Waals surface area contributed by atoms with Crippen molar-refractivity contribution in [2.75, 3.05) is 5.32 Å². The van der Waals surface area contributed by atoms with Crippen molar-refractivity contribution in [1.29, 1.82) is 0 Å². The summed E-state index contributed by atoms with van der Waals surface area (Å²) in [6.07, 6.45) is 1.69. The topological polar surface area (TPSA) is 60.6 Å². The van der Waals surface area contributed by atoms with E-state index in [4.69, 9.17) is 0 Å². The van der Waals surface area contributed by atoms with Crippen LogP contribution < -0.4 is 5.32 Å². The number of nitrogens with zero attached hydrogens (tertiary/aromatic N) is 5. The molecule has 0 saturated carbocycles. The highest BCUT2D eigenvalue weighted by Crippen LogP contribution is 2.17. The highest BCUT2D eigenvalue weighted by molar-refractivity contribution is 5.78. The molecule has 18 heavy (non-hydrogen) atoms. The Balaban J connectivity index is 1.87. The van der Waals surface area contributed by atoms with Gasteiger partial charge in [-0.25, -0.2) is 4.98 Å². The number of nitrogens with one attached hydrogen (secondary N) is 1. The van der Waals surface area contributed by atoms with E-state index >= 15 is 0 Å². The fraction of sp³-hybridized carbons (Fsp3) is 0.250. The van der Waals surface area contributed by atoms with Crippen molar-refractivity contribution in [2.24, 2.45) is 14.1 Å². The number of hydrogen-bond acceptors (Lipinski definition) is 4. The van der Waals surface area contributed by atoms with Gasteiger partial charge in [-0.3, -0.25) is 0 Å². The maximum absolute atomic E-state index is 4.54. The molecule has 0 spiro atoms. The first-order valence-corrected chi connectivity index (χ1v) is 5.74. The van der Waals surface area contributed by atoms with Gasteiger partial charge in [0.1, 0.15) is 6.33 Å². The standard InChI is InChI=1S/C12H14N6/c1-17-8-14-16-11(17)7-13-12-15-9-5-3-4-6-10(9)18(12)2/h3-6,8H,7H2,1-2H3,(H,13,15). The molecule has 2 heterocycles. The average Bonchev–Trinajstić information content (AvgIpc) is 2.92. The molecule has 2 aromatic heterocycles. The van der Waals surface area contributed by atoms with Crippen molar-refractivity contribution in [1.82, 2.24) is 24.3 Å². The van der Waals surface area contributed by atoms with Crippen LogP contribution in [0, 0.1) is 0 Å². The van der Waals surface area contributed by atoms with Crippen LogP contribution >= 0.6 is 0 Å². The van der Waals surface area contributed by atoms with Gasteiger partial charge in [-0.1, -0.05) is 12.1 Å². The lowest BCUT2D eigenvalue weighted by atomic mass is 10.3. The van der Waals surface area contributed by atoms with Crippen molar-refractivity contribution >= 4 is 17.0 Å². The van der Waals surface area contributed by atoms with Crippen molar-refractivity contribution in [3.05, 3.63) is 36.4 Å². The molecule has 3 rings (SSSR count). The molecule has 0 atom stereocenters. The largest absolute Gasteiger partial charge is 0.348 e. The van der Waals surface area contributed by atoms with Gasteiger partial charge in [0.2, 0.25) is 5.95 Å². The molecule has 0 unspecified atom stereocenters. The van der Waals surface area contributed by atoms with E-state index < -0.39 is 0 Å². The number of aryl methyl sites for hydroxylation is 2. The first-order valence-electron chi connectivity index (χ1n) is 5.74. The van der Waals surface area contributed by atoms with Crippen LogP contribution in [0.15, 0.2) is 30.6 Å². The highest BCUT2D eigenvalue weighted by Gasteiger charge is 2.07. The molecule has 92 valence electrons. The molecule has 0 aliphatic carbocycles. The molecule has 1 aromatic carbocycles. The summed E-state index contributed by atoms with van der Waals surface area (Å²) in [5, 5.41) is 11.1. The van der Waals surface area contributed by atoms with Crippen LogP contribution in [0.4, 0.5) is 5.95 Å². The fourth-order valence-corrected chi connectivity index (χ4v) is 1.93. The lowest BCUT2D eigenvalue weighted by molar-refractivity contribution is 0.801. The summed E-state index contributed by atoms with van der Waals surface area (Å²) in [6.45, 7) is 0.605. The molecule has 0 fully saturated rings. The van der Waals surface area contributed by atoms with Gasteiger partial charge in [0, 0.05) is 14.1 Å². The Hall–Kier alpha value is -2.37. The van der Waals surface area contributed by atoms with E-state index in [-0.39, 0.29) is 0 Å². The molecule has 0 aliphatic heterocycles. The minimum absolute atomic E-state index is 0.605. The molecule has 0 amide bonds. The first-order chi connectivity index (χ1) is 8.75. The van der Waals surface area contributed by atoms with Crippen LogP contribution in [-0.2, 0) is 20.6 Å². The molecule has 0 aliphatic rings. The summed E-state index contributed by atoms with van der Waals surface area (Å²) in [5.41, 5.74) is 2.10. The normalized spacial score (nSPS) is 11.0. The molecule has 0 radical (unpaired) electrons. The van der Waals surface area contributed by atoms with Gasteiger partial charge in [0.15, 0.2) is 5.82 Å². The SMILES string of the molecule is Cn1cnnc1CNc1nc2ccccc2n1C. The number of benzene rings is 1. The van der Waals surface area contributed by atoms with Gasteiger partial charge in [-0.15, -0.1) is 10.2 Å². The molecule has 1 N–H and O–H groups in total.